The smallest absolute Gasteiger partial charge is 0.0507 e. The Morgan fingerprint density at radius 1 is 1.38 bits per heavy atom. The van der Waals surface area contributed by atoms with Gasteiger partial charge in [0.1, 0.15) is 0 Å². The van der Waals surface area contributed by atoms with Gasteiger partial charge < -0.3 is 15.0 Å². The molecule has 0 radical (unpaired) electrons. The summed E-state index contributed by atoms with van der Waals surface area (Å²) in [6.45, 7) is 10.2. The predicted molar refractivity (Wildman–Crippen MR) is 66.7 cm³/mol. The van der Waals surface area contributed by atoms with Crippen LogP contribution < -0.4 is 5.32 Å². The van der Waals surface area contributed by atoms with Gasteiger partial charge in [0.15, 0.2) is 0 Å². The van der Waals surface area contributed by atoms with Gasteiger partial charge in [0.05, 0.1) is 6.61 Å². The molecule has 3 unspecified atom stereocenters. The summed E-state index contributed by atoms with van der Waals surface area (Å²) in [6.07, 6.45) is 3.88. The molecule has 2 rings (SSSR count). The van der Waals surface area contributed by atoms with Gasteiger partial charge in [-0.05, 0) is 45.2 Å². The average Bonchev–Trinajstić information content (AvgIpc) is 2.75. The van der Waals surface area contributed by atoms with Crippen LogP contribution in [0.3, 0.4) is 0 Å². The first-order valence-corrected chi connectivity index (χ1v) is 6.84. The Labute approximate surface area is 99.5 Å². The third kappa shape index (κ3) is 3.19. The molecule has 16 heavy (non-hydrogen) atoms. The van der Waals surface area contributed by atoms with E-state index in [1.54, 1.807) is 0 Å². The molecule has 94 valence electrons. The van der Waals surface area contributed by atoms with Crippen molar-refractivity contribution in [2.24, 2.45) is 5.92 Å². The monoisotopic (exact) mass is 226 g/mol. The highest BCUT2D eigenvalue weighted by Crippen LogP contribution is 2.21. The summed E-state index contributed by atoms with van der Waals surface area (Å²) in [7, 11) is 0. The van der Waals surface area contributed by atoms with Gasteiger partial charge in [-0.15, -0.1) is 0 Å². The fourth-order valence-corrected chi connectivity index (χ4v) is 3.02. The number of hydrogen-bond acceptors (Lipinski definition) is 3. The van der Waals surface area contributed by atoms with Crippen LogP contribution in [0.5, 0.6) is 0 Å². The minimum atomic E-state index is 0.735. The van der Waals surface area contributed by atoms with E-state index < -0.39 is 0 Å². The van der Waals surface area contributed by atoms with Gasteiger partial charge >= 0.3 is 0 Å². The largest absolute Gasteiger partial charge is 0.381 e. The molecule has 3 nitrogen and oxygen atoms in total. The predicted octanol–water partition coefficient (Wildman–Crippen LogP) is 1.49. The van der Waals surface area contributed by atoms with Crippen molar-refractivity contribution >= 4 is 0 Å². The molecule has 0 saturated carbocycles. The molecule has 1 N–H and O–H groups in total. The molecule has 0 aromatic rings. The molecule has 2 heterocycles. The normalized spacial score (nSPS) is 36.8. The third-order valence-electron chi connectivity index (χ3n) is 4.02. The lowest BCUT2D eigenvalue weighted by Crippen LogP contribution is -2.48. The van der Waals surface area contributed by atoms with E-state index in [-0.39, 0.29) is 0 Å². The lowest BCUT2D eigenvalue weighted by Gasteiger charge is -2.39. The molecule has 2 aliphatic heterocycles. The summed E-state index contributed by atoms with van der Waals surface area (Å²) in [6, 6.07) is 1.48. The van der Waals surface area contributed by atoms with Gasteiger partial charge in [0, 0.05) is 25.2 Å². The lowest BCUT2D eigenvalue weighted by molar-refractivity contribution is 0.108. The van der Waals surface area contributed by atoms with Crippen molar-refractivity contribution in [3.63, 3.8) is 0 Å². The zero-order valence-electron chi connectivity index (χ0n) is 10.7. The van der Waals surface area contributed by atoms with Crippen molar-refractivity contribution in [1.29, 1.82) is 0 Å². The van der Waals surface area contributed by atoms with Crippen LogP contribution in [0.15, 0.2) is 0 Å². The van der Waals surface area contributed by atoms with Crippen LogP contribution in [0.25, 0.3) is 0 Å². The van der Waals surface area contributed by atoms with Crippen LogP contribution in [0.2, 0.25) is 0 Å². The number of piperidine rings is 1. The minimum Gasteiger partial charge on any atom is -0.381 e. The maximum atomic E-state index is 5.45. The molecule has 0 aromatic carbocycles. The molecule has 0 aliphatic carbocycles. The van der Waals surface area contributed by atoms with Gasteiger partial charge in [0.2, 0.25) is 0 Å². The van der Waals surface area contributed by atoms with E-state index in [1.165, 1.54) is 32.4 Å². The van der Waals surface area contributed by atoms with E-state index in [1.807, 2.05) is 0 Å². The van der Waals surface area contributed by atoms with Crippen LogP contribution in [0, 0.1) is 5.92 Å². The Morgan fingerprint density at radius 3 is 2.88 bits per heavy atom. The molecular formula is C13H26N2O. The van der Waals surface area contributed by atoms with Crippen molar-refractivity contribution in [2.75, 3.05) is 32.8 Å². The van der Waals surface area contributed by atoms with E-state index >= 15 is 0 Å². The zero-order valence-corrected chi connectivity index (χ0v) is 10.7. The Kier molecular flexibility index (Phi) is 4.62. The van der Waals surface area contributed by atoms with Crippen LogP contribution >= 0.6 is 0 Å². The van der Waals surface area contributed by atoms with Crippen molar-refractivity contribution in [1.82, 2.24) is 10.2 Å². The van der Waals surface area contributed by atoms with Gasteiger partial charge in [-0.2, -0.15) is 0 Å². The van der Waals surface area contributed by atoms with Crippen LogP contribution in [0.1, 0.15) is 33.1 Å². The Morgan fingerprint density at radius 2 is 2.25 bits per heavy atom. The maximum Gasteiger partial charge on any atom is 0.0507 e. The molecule has 3 heteroatoms. The Hall–Kier alpha value is -0.120. The fraction of sp³-hybridized carbons (Fsp3) is 1.00. The van der Waals surface area contributed by atoms with Gasteiger partial charge in [-0.3, -0.25) is 0 Å². The molecule has 0 spiro atoms. The van der Waals surface area contributed by atoms with Crippen LogP contribution in [0.4, 0.5) is 0 Å². The van der Waals surface area contributed by atoms with Gasteiger partial charge in [0.25, 0.3) is 0 Å². The SMILES string of the molecule is CCNC1CCN(CC2CCOC2)C(C)C1. The molecule has 2 saturated heterocycles. The summed E-state index contributed by atoms with van der Waals surface area (Å²) in [5.41, 5.74) is 0. The first kappa shape index (κ1) is 12.3. The number of rotatable bonds is 4. The Balaban J connectivity index is 1.74. The molecule has 0 aromatic heterocycles. The highest BCUT2D eigenvalue weighted by molar-refractivity contribution is 4.84. The van der Waals surface area contributed by atoms with E-state index in [2.05, 4.69) is 24.1 Å². The highest BCUT2D eigenvalue weighted by atomic mass is 16.5. The Bertz CT molecular complexity index is 204. The first-order chi connectivity index (χ1) is 7.79. The van der Waals surface area contributed by atoms with Crippen molar-refractivity contribution < 1.29 is 4.74 Å². The topological polar surface area (TPSA) is 24.5 Å². The standard InChI is InChI=1S/C13H26N2O/c1-3-14-13-4-6-15(11(2)8-13)9-12-5-7-16-10-12/h11-14H,3-10H2,1-2H3. The van der Waals surface area contributed by atoms with E-state index in [0.29, 0.717) is 0 Å². The van der Waals surface area contributed by atoms with Crippen molar-refractivity contribution in [2.45, 2.75) is 45.2 Å². The first-order valence-electron chi connectivity index (χ1n) is 6.84. The number of nitrogens with zero attached hydrogens (tertiary/aromatic N) is 1. The summed E-state index contributed by atoms with van der Waals surface area (Å²) >= 11 is 0. The maximum absolute atomic E-state index is 5.45. The molecule has 0 bridgehead atoms. The fourth-order valence-electron chi connectivity index (χ4n) is 3.02. The number of ether oxygens (including phenoxy) is 1. The number of likely N-dealkylation sites (tertiary alicyclic amines) is 1. The highest BCUT2D eigenvalue weighted by Gasteiger charge is 2.27. The quantitative estimate of drug-likeness (QED) is 0.786. The van der Waals surface area contributed by atoms with E-state index in [9.17, 15) is 0 Å². The molecule has 3 atom stereocenters. The zero-order chi connectivity index (χ0) is 11.4. The molecule has 0 amide bonds. The minimum absolute atomic E-state index is 0.735. The second kappa shape index (κ2) is 5.99. The van der Waals surface area contributed by atoms with Crippen LogP contribution in [-0.4, -0.2) is 49.8 Å². The summed E-state index contributed by atoms with van der Waals surface area (Å²) in [4.78, 5) is 2.66. The van der Waals surface area contributed by atoms with E-state index in [0.717, 1.165) is 37.8 Å². The van der Waals surface area contributed by atoms with Crippen molar-refractivity contribution in [3.05, 3.63) is 0 Å². The second-order valence-electron chi connectivity index (χ2n) is 5.35. The summed E-state index contributed by atoms with van der Waals surface area (Å²) < 4.78 is 5.45. The number of nitrogens with one attached hydrogen (secondary N) is 1. The van der Waals surface area contributed by atoms with Gasteiger partial charge in [-0.1, -0.05) is 6.92 Å². The third-order valence-corrected chi connectivity index (χ3v) is 4.02. The molecule has 2 aliphatic rings. The number of hydrogen-bond donors (Lipinski definition) is 1. The second-order valence-corrected chi connectivity index (χ2v) is 5.35. The van der Waals surface area contributed by atoms with Crippen molar-refractivity contribution in [3.8, 4) is 0 Å². The molecule has 2 fully saturated rings. The summed E-state index contributed by atoms with van der Waals surface area (Å²) in [5.74, 6) is 0.790. The average molecular weight is 226 g/mol. The lowest BCUT2D eigenvalue weighted by atomic mass is 9.96. The van der Waals surface area contributed by atoms with E-state index in [4.69, 9.17) is 4.74 Å². The summed E-state index contributed by atoms with van der Waals surface area (Å²) in [5, 5.41) is 3.58. The molecular weight excluding hydrogens is 200 g/mol. The van der Waals surface area contributed by atoms with Gasteiger partial charge in [-0.25, -0.2) is 0 Å². The van der Waals surface area contributed by atoms with Crippen LogP contribution in [-0.2, 0) is 4.74 Å².